The van der Waals surface area contributed by atoms with Gasteiger partial charge in [-0.3, -0.25) is 0 Å². The highest BCUT2D eigenvalue weighted by Crippen LogP contribution is 2.02. The molecule has 0 aliphatic rings. The van der Waals surface area contributed by atoms with Crippen LogP contribution in [0.1, 0.15) is 17.5 Å². The molecule has 0 aromatic heterocycles. The molecule has 1 aromatic rings. The average molecular weight is 265 g/mol. The van der Waals surface area contributed by atoms with Crippen LogP contribution in [0.5, 0.6) is 0 Å². The third-order valence-electron chi connectivity index (χ3n) is 2.23. The molecule has 0 amide bonds. The third-order valence-corrected chi connectivity index (χ3v) is 2.23. The number of hydrogen-bond donors (Lipinski definition) is 2. The summed E-state index contributed by atoms with van der Waals surface area (Å²) in [5.74, 6) is 0. The number of aryl methyl sites for hydroxylation is 1. The number of hydrogen-bond acceptors (Lipinski definition) is 2. The maximum absolute atomic E-state index is 3.42. The van der Waals surface area contributed by atoms with Crippen LogP contribution in [0.4, 0.5) is 0 Å². The van der Waals surface area contributed by atoms with Crippen LogP contribution in [0.3, 0.4) is 0 Å². The Hall–Kier alpha value is -0.280. The van der Waals surface area contributed by atoms with Crippen molar-refractivity contribution in [3.63, 3.8) is 0 Å². The largest absolute Gasteiger partial charge is 0.320 e. The standard InChI is InChI=1S/C12H20N2.2ClH/c1-11-4-6-12(7-5-11)10-14-9-3-8-13-2;;/h4-7,13-14H,3,8-10H2,1-2H3;2*1H. The Morgan fingerprint density at radius 3 is 2.19 bits per heavy atom. The van der Waals surface area contributed by atoms with E-state index in [0.29, 0.717) is 0 Å². The van der Waals surface area contributed by atoms with Gasteiger partial charge in [0.1, 0.15) is 0 Å². The lowest BCUT2D eigenvalue weighted by molar-refractivity contribution is 0.625. The minimum atomic E-state index is 0. The molecule has 1 rings (SSSR count). The van der Waals surface area contributed by atoms with Crippen LogP contribution in [-0.4, -0.2) is 20.1 Å². The molecule has 94 valence electrons. The highest BCUT2D eigenvalue weighted by molar-refractivity contribution is 5.85. The van der Waals surface area contributed by atoms with Gasteiger partial charge in [0.25, 0.3) is 0 Å². The Morgan fingerprint density at radius 1 is 1.00 bits per heavy atom. The molecule has 0 saturated carbocycles. The van der Waals surface area contributed by atoms with E-state index in [1.54, 1.807) is 0 Å². The molecule has 0 saturated heterocycles. The van der Waals surface area contributed by atoms with Gasteiger partial charge in [0.2, 0.25) is 0 Å². The summed E-state index contributed by atoms with van der Waals surface area (Å²) in [7, 11) is 1.99. The van der Waals surface area contributed by atoms with Crippen molar-refractivity contribution >= 4 is 24.8 Å². The van der Waals surface area contributed by atoms with E-state index in [2.05, 4.69) is 41.8 Å². The van der Waals surface area contributed by atoms with Gasteiger partial charge in [-0.05, 0) is 39.0 Å². The van der Waals surface area contributed by atoms with Crippen LogP contribution in [0.2, 0.25) is 0 Å². The summed E-state index contributed by atoms with van der Waals surface area (Å²) in [5.41, 5.74) is 2.68. The second-order valence-electron chi connectivity index (χ2n) is 3.62. The molecule has 4 heteroatoms. The molecule has 2 N–H and O–H groups in total. The lowest BCUT2D eigenvalue weighted by atomic mass is 10.1. The molecule has 0 radical (unpaired) electrons. The van der Waals surface area contributed by atoms with Crippen LogP contribution < -0.4 is 10.6 Å². The number of benzene rings is 1. The third kappa shape index (κ3) is 7.94. The van der Waals surface area contributed by atoms with E-state index in [9.17, 15) is 0 Å². The SMILES string of the molecule is CNCCCNCc1ccc(C)cc1.Cl.Cl. The van der Waals surface area contributed by atoms with E-state index in [4.69, 9.17) is 0 Å². The molecule has 0 atom stereocenters. The fraction of sp³-hybridized carbons (Fsp3) is 0.500. The van der Waals surface area contributed by atoms with Crippen LogP contribution in [-0.2, 0) is 6.54 Å². The van der Waals surface area contributed by atoms with E-state index < -0.39 is 0 Å². The van der Waals surface area contributed by atoms with E-state index in [0.717, 1.165) is 19.6 Å². The molecule has 0 unspecified atom stereocenters. The number of halogens is 2. The molecule has 0 bridgehead atoms. The summed E-state index contributed by atoms with van der Waals surface area (Å²) >= 11 is 0. The first-order valence-corrected chi connectivity index (χ1v) is 5.24. The van der Waals surface area contributed by atoms with Crippen LogP contribution in [0.15, 0.2) is 24.3 Å². The Balaban J connectivity index is 0. The van der Waals surface area contributed by atoms with Gasteiger partial charge in [-0.2, -0.15) is 0 Å². The zero-order chi connectivity index (χ0) is 10.2. The minimum absolute atomic E-state index is 0. The van der Waals surface area contributed by atoms with Gasteiger partial charge in [-0.1, -0.05) is 29.8 Å². The van der Waals surface area contributed by atoms with Crippen molar-refractivity contribution in [2.24, 2.45) is 0 Å². The molecular formula is C12H22Cl2N2. The normalized spacial score (nSPS) is 9.12. The van der Waals surface area contributed by atoms with Crippen LogP contribution in [0.25, 0.3) is 0 Å². The Labute approximate surface area is 111 Å². The Morgan fingerprint density at radius 2 is 1.62 bits per heavy atom. The monoisotopic (exact) mass is 264 g/mol. The molecular weight excluding hydrogens is 243 g/mol. The lowest BCUT2D eigenvalue weighted by Gasteiger charge is -2.04. The first-order chi connectivity index (χ1) is 6.83. The van der Waals surface area contributed by atoms with Crippen molar-refractivity contribution in [2.75, 3.05) is 20.1 Å². The van der Waals surface area contributed by atoms with Crippen LogP contribution in [0, 0.1) is 6.92 Å². The van der Waals surface area contributed by atoms with E-state index >= 15 is 0 Å². The van der Waals surface area contributed by atoms with E-state index in [1.807, 2.05) is 7.05 Å². The quantitative estimate of drug-likeness (QED) is 0.772. The highest BCUT2D eigenvalue weighted by atomic mass is 35.5. The Bertz CT molecular complexity index is 250. The van der Waals surface area contributed by atoms with Crippen molar-refractivity contribution in [3.05, 3.63) is 35.4 Å². The van der Waals surface area contributed by atoms with Gasteiger partial charge < -0.3 is 10.6 Å². The van der Waals surface area contributed by atoms with Crippen LogP contribution >= 0.6 is 24.8 Å². The van der Waals surface area contributed by atoms with Gasteiger partial charge in [0.15, 0.2) is 0 Å². The van der Waals surface area contributed by atoms with Gasteiger partial charge in [0, 0.05) is 6.54 Å². The molecule has 2 nitrogen and oxygen atoms in total. The molecule has 0 spiro atoms. The van der Waals surface area contributed by atoms with Crippen molar-refractivity contribution in [2.45, 2.75) is 19.9 Å². The predicted octanol–water partition coefficient (Wildman–Crippen LogP) is 2.54. The summed E-state index contributed by atoms with van der Waals surface area (Å²) in [6.45, 7) is 5.25. The molecule has 0 aliphatic carbocycles. The van der Waals surface area contributed by atoms with Gasteiger partial charge in [-0.15, -0.1) is 24.8 Å². The minimum Gasteiger partial charge on any atom is -0.320 e. The van der Waals surface area contributed by atoms with Crippen molar-refractivity contribution in [1.82, 2.24) is 10.6 Å². The smallest absolute Gasteiger partial charge is 0.0205 e. The zero-order valence-electron chi connectivity index (χ0n) is 9.95. The summed E-state index contributed by atoms with van der Waals surface area (Å²) in [6.07, 6.45) is 1.18. The predicted molar refractivity (Wildman–Crippen MR) is 75.9 cm³/mol. The zero-order valence-corrected chi connectivity index (χ0v) is 11.6. The Kier molecular flexibility index (Phi) is 12.7. The van der Waals surface area contributed by atoms with Crippen molar-refractivity contribution in [3.8, 4) is 0 Å². The summed E-state index contributed by atoms with van der Waals surface area (Å²) in [4.78, 5) is 0. The summed E-state index contributed by atoms with van der Waals surface area (Å²) in [5, 5.41) is 6.55. The van der Waals surface area contributed by atoms with E-state index in [1.165, 1.54) is 17.5 Å². The highest BCUT2D eigenvalue weighted by Gasteiger charge is 1.91. The maximum Gasteiger partial charge on any atom is 0.0205 e. The summed E-state index contributed by atoms with van der Waals surface area (Å²) in [6, 6.07) is 8.68. The van der Waals surface area contributed by atoms with Crippen molar-refractivity contribution < 1.29 is 0 Å². The maximum atomic E-state index is 3.42. The van der Waals surface area contributed by atoms with E-state index in [-0.39, 0.29) is 24.8 Å². The average Bonchev–Trinajstić information content (AvgIpc) is 2.21. The van der Waals surface area contributed by atoms with Gasteiger partial charge in [-0.25, -0.2) is 0 Å². The van der Waals surface area contributed by atoms with Gasteiger partial charge >= 0.3 is 0 Å². The second kappa shape index (κ2) is 11.2. The lowest BCUT2D eigenvalue weighted by Crippen LogP contribution is -2.19. The molecule has 16 heavy (non-hydrogen) atoms. The van der Waals surface area contributed by atoms with Crippen molar-refractivity contribution in [1.29, 1.82) is 0 Å². The van der Waals surface area contributed by atoms with Gasteiger partial charge in [0.05, 0.1) is 0 Å². The molecule has 0 heterocycles. The molecule has 0 aliphatic heterocycles. The molecule has 1 aromatic carbocycles. The second-order valence-corrected chi connectivity index (χ2v) is 3.62. The first kappa shape index (κ1) is 18.1. The fourth-order valence-electron chi connectivity index (χ4n) is 1.33. The topological polar surface area (TPSA) is 24.1 Å². The summed E-state index contributed by atoms with van der Waals surface area (Å²) < 4.78 is 0. The molecule has 0 fully saturated rings. The fourth-order valence-corrected chi connectivity index (χ4v) is 1.33. The number of rotatable bonds is 6. The number of nitrogens with one attached hydrogen (secondary N) is 2. The first-order valence-electron chi connectivity index (χ1n) is 5.24.